The van der Waals surface area contributed by atoms with Crippen molar-refractivity contribution in [3.8, 4) is 11.1 Å². The minimum Gasteiger partial charge on any atom is -0.448 e. The number of rotatable bonds is 6. The first-order valence-electron chi connectivity index (χ1n) is 13.2. The van der Waals surface area contributed by atoms with Crippen LogP contribution < -0.4 is 10.2 Å². The molecule has 1 heterocycles. The lowest BCUT2D eigenvalue weighted by Gasteiger charge is -2.33. The van der Waals surface area contributed by atoms with Crippen molar-refractivity contribution in [3.05, 3.63) is 113 Å². The summed E-state index contributed by atoms with van der Waals surface area (Å²) in [6.07, 6.45) is 1.89. The topological polar surface area (TPSA) is 58.6 Å². The molecule has 1 amide bonds. The van der Waals surface area contributed by atoms with Gasteiger partial charge in [0.15, 0.2) is 0 Å². The van der Waals surface area contributed by atoms with Gasteiger partial charge in [-0.05, 0) is 77.4 Å². The summed E-state index contributed by atoms with van der Waals surface area (Å²) in [5.41, 5.74) is 9.92. The first-order chi connectivity index (χ1) is 18.6. The van der Waals surface area contributed by atoms with Crippen LogP contribution >= 0.6 is 0 Å². The summed E-state index contributed by atoms with van der Waals surface area (Å²) < 4.78 is 5.74. The summed E-state index contributed by atoms with van der Waals surface area (Å²) in [5.74, 6) is 0.178. The fraction of sp³-hybridized carbons (Fsp3) is 0.212. The van der Waals surface area contributed by atoms with Crippen LogP contribution in [0.2, 0.25) is 0 Å². The summed E-state index contributed by atoms with van der Waals surface area (Å²) in [4.78, 5) is 26.9. The van der Waals surface area contributed by atoms with E-state index in [1.54, 1.807) is 6.92 Å². The molecule has 0 bridgehead atoms. The average molecular weight is 503 g/mol. The number of hydrogen-bond donors (Lipinski definition) is 1. The van der Waals surface area contributed by atoms with E-state index in [0.717, 1.165) is 42.0 Å². The number of ether oxygens (including phenoxy) is 1. The standard InChI is InChI=1S/C33H30N2O3/c1-22(36)19-23-9-2-7-15-31(23)35-18-8-10-24-20-25(16-17-32(24)35)34-33(37)38-21-30-28-13-5-3-11-26(28)27-12-4-6-14-29(27)30/h2-7,9,11-17,20,30H,8,10,18-19,21H2,1H3,(H,34,37). The molecule has 4 aromatic rings. The van der Waals surface area contributed by atoms with Crippen LogP contribution in [-0.4, -0.2) is 25.0 Å². The second-order valence-electron chi connectivity index (χ2n) is 10.1. The Morgan fingerprint density at radius 2 is 1.55 bits per heavy atom. The van der Waals surface area contributed by atoms with Crippen molar-refractivity contribution in [1.82, 2.24) is 0 Å². The number of carbonyl (C=O) groups is 2. The van der Waals surface area contributed by atoms with Crippen molar-refractivity contribution in [3.63, 3.8) is 0 Å². The molecule has 5 nitrogen and oxygen atoms in total. The lowest BCUT2D eigenvalue weighted by molar-refractivity contribution is -0.116. The van der Waals surface area contributed by atoms with Crippen molar-refractivity contribution in [2.75, 3.05) is 23.4 Å². The number of para-hydroxylation sites is 1. The summed E-state index contributed by atoms with van der Waals surface area (Å²) in [5, 5.41) is 2.93. The van der Waals surface area contributed by atoms with Gasteiger partial charge in [-0.2, -0.15) is 0 Å². The molecule has 2 aliphatic rings. The smallest absolute Gasteiger partial charge is 0.411 e. The normalized spacial score (nSPS) is 13.9. The number of carbonyl (C=O) groups excluding carboxylic acids is 2. The number of anilines is 3. The van der Waals surface area contributed by atoms with Gasteiger partial charge in [0.1, 0.15) is 12.4 Å². The third-order valence-corrected chi connectivity index (χ3v) is 7.51. The van der Waals surface area contributed by atoms with Gasteiger partial charge in [-0.1, -0.05) is 66.7 Å². The summed E-state index contributed by atoms with van der Waals surface area (Å²) in [7, 11) is 0. The number of benzene rings is 4. The molecule has 0 radical (unpaired) electrons. The monoisotopic (exact) mass is 502 g/mol. The van der Waals surface area contributed by atoms with E-state index >= 15 is 0 Å². The fourth-order valence-electron chi connectivity index (χ4n) is 5.87. The summed E-state index contributed by atoms with van der Waals surface area (Å²) >= 11 is 0. The molecule has 0 atom stereocenters. The quantitative estimate of drug-likeness (QED) is 0.301. The molecule has 4 aromatic carbocycles. The number of ketones is 1. The lowest BCUT2D eigenvalue weighted by Crippen LogP contribution is -2.26. The maximum atomic E-state index is 12.8. The number of fused-ring (bicyclic) bond motifs is 4. The number of amides is 1. The predicted octanol–water partition coefficient (Wildman–Crippen LogP) is 7.26. The molecule has 1 aliphatic heterocycles. The highest BCUT2D eigenvalue weighted by Gasteiger charge is 2.29. The molecule has 38 heavy (non-hydrogen) atoms. The first kappa shape index (κ1) is 24.0. The van der Waals surface area contributed by atoms with Gasteiger partial charge >= 0.3 is 6.09 Å². The Morgan fingerprint density at radius 3 is 2.29 bits per heavy atom. The van der Waals surface area contributed by atoms with Crippen LogP contribution in [-0.2, 0) is 22.4 Å². The highest BCUT2D eigenvalue weighted by molar-refractivity contribution is 5.87. The average Bonchev–Trinajstić information content (AvgIpc) is 3.25. The minimum absolute atomic E-state index is 0.0281. The zero-order valence-corrected chi connectivity index (χ0v) is 21.4. The Balaban J connectivity index is 1.17. The van der Waals surface area contributed by atoms with E-state index in [1.807, 2.05) is 54.6 Å². The molecule has 1 aliphatic carbocycles. The SMILES string of the molecule is CC(=O)Cc1ccccc1N1CCCc2cc(NC(=O)OCC3c4ccccc4-c4ccccc43)ccc21. The molecule has 0 spiro atoms. The van der Waals surface area contributed by atoms with E-state index in [0.29, 0.717) is 6.42 Å². The Labute approximate surface area is 223 Å². The Hall–Kier alpha value is -4.38. The van der Waals surface area contributed by atoms with E-state index in [1.165, 1.54) is 27.8 Å². The molecule has 6 rings (SSSR count). The minimum atomic E-state index is -0.453. The Morgan fingerprint density at radius 1 is 0.868 bits per heavy atom. The predicted molar refractivity (Wildman–Crippen MR) is 151 cm³/mol. The molecule has 0 aromatic heterocycles. The van der Waals surface area contributed by atoms with Gasteiger partial charge < -0.3 is 9.64 Å². The highest BCUT2D eigenvalue weighted by Crippen LogP contribution is 2.44. The molecule has 1 N–H and O–H groups in total. The fourth-order valence-corrected chi connectivity index (χ4v) is 5.87. The summed E-state index contributed by atoms with van der Waals surface area (Å²) in [6.45, 7) is 2.80. The highest BCUT2D eigenvalue weighted by atomic mass is 16.5. The first-order valence-corrected chi connectivity index (χ1v) is 13.2. The van der Waals surface area contributed by atoms with E-state index in [2.05, 4.69) is 46.6 Å². The maximum absolute atomic E-state index is 12.8. The Kier molecular flexibility index (Phi) is 6.42. The third kappa shape index (κ3) is 4.56. The van der Waals surface area contributed by atoms with Crippen molar-refractivity contribution in [2.24, 2.45) is 0 Å². The van der Waals surface area contributed by atoms with Crippen molar-refractivity contribution in [1.29, 1.82) is 0 Å². The van der Waals surface area contributed by atoms with Crippen molar-refractivity contribution < 1.29 is 14.3 Å². The van der Waals surface area contributed by atoms with Crippen LogP contribution in [0.4, 0.5) is 21.9 Å². The molecule has 0 unspecified atom stereocenters. The van der Waals surface area contributed by atoms with Gasteiger partial charge in [-0.25, -0.2) is 4.79 Å². The number of nitrogens with one attached hydrogen (secondary N) is 1. The van der Waals surface area contributed by atoms with Gasteiger partial charge in [0.25, 0.3) is 0 Å². The summed E-state index contributed by atoms with van der Waals surface area (Å²) in [6, 6.07) is 30.8. The van der Waals surface area contributed by atoms with E-state index in [4.69, 9.17) is 4.74 Å². The zero-order valence-electron chi connectivity index (χ0n) is 21.4. The van der Waals surface area contributed by atoms with Crippen molar-refractivity contribution >= 4 is 28.9 Å². The van der Waals surface area contributed by atoms with Crippen LogP contribution in [0.3, 0.4) is 0 Å². The molecule has 5 heteroatoms. The Bertz CT molecular complexity index is 1480. The van der Waals surface area contributed by atoms with Crippen LogP contribution in [0, 0.1) is 0 Å². The van der Waals surface area contributed by atoms with Crippen LogP contribution in [0.5, 0.6) is 0 Å². The van der Waals surface area contributed by atoms with Gasteiger partial charge in [-0.15, -0.1) is 0 Å². The third-order valence-electron chi connectivity index (χ3n) is 7.51. The van der Waals surface area contributed by atoms with Gasteiger partial charge in [0.2, 0.25) is 0 Å². The maximum Gasteiger partial charge on any atom is 0.411 e. The van der Waals surface area contributed by atoms with E-state index < -0.39 is 6.09 Å². The molecule has 0 fully saturated rings. The molecule has 0 saturated heterocycles. The molecule has 190 valence electrons. The van der Waals surface area contributed by atoms with E-state index in [9.17, 15) is 9.59 Å². The largest absolute Gasteiger partial charge is 0.448 e. The van der Waals surface area contributed by atoms with Crippen LogP contribution in [0.1, 0.15) is 41.5 Å². The lowest BCUT2D eigenvalue weighted by atomic mass is 9.98. The number of nitrogens with zero attached hydrogens (tertiary/aromatic N) is 1. The van der Waals surface area contributed by atoms with Gasteiger partial charge in [-0.3, -0.25) is 10.1 Å². The van der Waals surface area contributed by atoms with Crippen LogP contribution in [0.25, 0.3) is 11.1 Å². The number of aryl methyl sites for hydroxylation is 1. The second kappa shape index (κ2) is 10.2. The zero-order chi connectivity index (χ0) is 26.1. The van der Waals surface area contributed by atoms with Gasteiger partial charge in [0.05, 0.1) is 0 Å². The van der Waals surface area contributed by atoms with Gasteiger partial charge in [0, 0.05) is 35.9 Å². The van der Waals surface area contributed by atoms with Crippen LogP contribution in [0.15, 0.2) is 91.0 Å². The number of Topliss-reactive ketones (excluding diaryl/α,β-unsaturated/α-hetero) is 1. The molecule has 0 saturated carbocycles. The van der Waals surface area contributed by atoms with E-state index in [-0.39, 0.29) is 18.3 Å². The number of hydrogen-bond acceptors (Lipinski definition) is 4. The van der Waals surface area contributed by atoms with Crippen molar-refractivity contribution in [2.45, 2.75) is 32.1 Å². The second-order valence-corrected chi connectivity index (χ2v) is 10.1. The molecular formula is C33H30N2O3. The molecular weight excluding hydrogens is 472 g/mol.